The first-order valence-electron chi connectivity index (χ1n) is 41.1. The number of phosphoric acid groups is 2. The standard InChI is InChI=1S/C87H146O17P2/c1-5-9-13-17-21-25-29-33-37-39-40-42-45-48-52-56-60-64-68-72-85(90)98-78-83(104-87(92)74-70-66-62-58-54-50-46-41-38-34-30-26-22-18-14-10-6-2)80-102-106(95,96)100-76-81(88)75-99-105(93,94)101-79-82(103-86(91)73-69-65-61-57-53-49-44-36-32-28-24-20-16-12-8-4)77-97-84(89)71-67-63-59-55-51-47-43-35-31-27-23-19-15-11-7-3/h10-11,14-15,21-28,33-38,40,42-44,51,55,81-83,88H,5-9,12-13,16-20,29-32,39,41,45-50,52-54,56-80H2,1-4H3,(H,93,94)(H,95,96)/b14-10-,15-11-,25-21-,26-22-,27-23-,28-24-,37-33-,38-34-,42-40-,43-35-,44-36-,55-51-. The Balaban J connectivity index is 5.43. The summed E-state index contributed by atoms with van der Waals surface area (Å²) in [6, 6.07) is 0. The van der Waals surface area contributed by atoms with Crippen LogP contribution in [0.15, 0.2) is 146 Å². The lowest BCUT2D eigenvalue weighted by Gasteiger charge is -2.21. The largest absolute Gasteiger partial charge is 0.472 e. The van der Waals surface area contributed by atoms with Gasteiger partial charge in [-0.2, -0.15) is 0 Å². The van der Waals surface area contributed by atoms with E-state index in [1.165, 1.54) is 38.5 Å². The molecular formula is C87H146O17P2. The van der Waals surface area contributed by atoms with Crippen LogP contribution in [0, 0.1) is 0 Å². The number of ether oxygens (including phenoxy) is 4. The predicted molar refractivity (Wildman–Crippen MR) is 436 cm³/mol. The highest BCUT2D eigenvalue weighted by Gasteiger charge is 2.30. The zero-order valence-corrected chi connectivity index (χ0v) is 68.1. The minimum absolute atomic E-state index is 0.0660. The van der Waals surface area contributed by atoms with Gasteiger partial charge in [0.25, 0.3) is 0 Å². The quantitative estimate of drug-likeness (QED) is 0.0169. The fourth-order valence-electron chi connectivity index (χ4n) is 10.6. The molecular weight excluding hydrogens is 1380 g/mol. The number of hydrogen-bond acceptors (Lipinski definition) is 15. The van der Waals surface area contributed by atoms with Gasteiger partial charge in [0.05, 0.1) is 26.4 Å². The van der Waals surface area contributed by atoms with Crippen molar-refractivity contribution in [3.8, 4) is 0 Å². The van der Waals surface area contributed by atoms with Crippen LogP contribution in [0.25, 0.3) is 0 Å². The fourth-order valence-corrected chi connectivity index (χ4v) is 12.1. The van der Waals surface area contributed by atoms with Crippen LogP contribution in [0.3, 0.4) is 0 Å². The van der Waals surface area contributed by atoms with Gasteiger partial charge in [0.15, 0.2) is 12.2 Å². The van der Waals surface area contributed by atoms with E-state index in [2.05, 4.69) is 174 Å². The maximum Gasteiger partial charge on any atom is 0.472 e. The van der Waals surface area contributed by atoms with Crippen molar-refractivity contribution < 1.29 is 80.2 Å². The summed E-state index contributed by atoms with van der Waals surface area (Å²) in [7, 11) is -9.99. The number of aliphatic hydroxyl groups is 1. The number of carbonyl (C=O) groups excluding carboxylic acids is 4. The van der Waals surface area contributed by atoms with E-state index in [0.717, 1.165) is 205 Å². The van der Waals surface area contributed by atoms with Crippen LogP contribution in [0.2, 0.25) is 0 Å². The lowest BCUT2D eigenvalue weighted by molar-refractivity contribution is -0.161. The van der Waals surface area contributed by atoms with E-state index in [-0.39, 0.29) is 25.7 Å². The third kappa shape index (κ3) is 77.1. The molecule has 0 aromatic carbocycles. The number of carbonyl (C=O) groups is 4. The number of aliphatic hydroxyl groups excluding tert-OH is 1. The van der Waals surface area contributed by atoms with Gasteiger partial charge in [0.2, 0.25) is 0 Å². The SMILES string of the molecule is CC/C=C\C/C=C\C/C=C\C/C=C\CCCCC(=O)OCC(COP(=O)(O)OCC(O)COP(=O)(O)OCC(COC(=O)CCCCCCCC/C=C\C/C=C\C/C=C\CCCCC)OC(=O)CCCCCCCCC/C=C\C/C=C\C/C=C\CC)OC(=O)CCCCCCC/C=C\C/C=C\CCCCC. The summed E-state index contributed by atoms with van der Waals surface area (Å²) < 4.78 is 68.7. The fraction of sp³-hybridized carbons (Fsp3) is 0.678. The summed E-state index contributed by atoms with van der Waals surface area (Å²) in [6.07, 6.45) is 89.6. The van der Waals surface area contributed by atoms with Crippen molar-refractivity contribution in [3.63, 3.8) is 0 Å². The third-order valence-electron chi connectivity index (χ3n) is 16.8. The summed E-state index contributed by atoms with van der Waals surface area (Å²) >= 11 is 0. The molecule has 0 saturated heterocycles. The second-order valence-corrected chi connectivity index (χ2v) is 29.8. The van der Waals surface area contributed by atoms with Crippen LogP contribution in [-0.2, 0) is 65.4 Å². The van der Waals surface area contributed by atoms with Crippen molar-refractivity contribution in [3.05, 3.63) is 146 Å². The highest BCUT2D eigenvalue weighted by atomic mass is 31.2. The Bertz CT molecular complexity index is 2580. The van der Waals surface area contributed by atoms with Gasteiger partial charge in [-0.3, -0.25) is 37.3 Å². The van der Waals surface area contributed by atoms with Crippen molar-refractivity contribution in [1.82, 2.24) is 0 Å². The highest BCUT2D eigenvalue weighted by Crippen LogP contribution is 2.45. The van der Waals surface area contributed by atoms with E-state index in [1.54, 1.807) is 0 Å². The molecule has 0 heterocycles. The predicted octanol–water partition coefficient (Wildman–Crippen LogP) is 24.2. The number of esters is 4. The van der Waals surface area contributed by atoms with Gasteiger partial charge in [0, 0.05) is 25.7 Å². The topological polar surface area (TPSA) is 237 Å². The van der Waals surface area contributed by atoms with Gasteiger partial charge in [-0.1, -0.05) is 276 Å². The summed E-state index contributed by atoms with van der Waals surface area (Å²) in [4.78, 5) is 73.1. The van der Waals surface area contributed by atoms with E-state index >= 15 is 0 Å². The average molecular weight is 1530 g/mol. The van der Waals surface area contributed by atoms with Crippen molar-refractivity contribution in [2.24, 2.45) is 0 Å². The molecule has 19 heteroatoms. The van der Waals surface area contributed by atoms with E-state index < -0.39 is 97.5 Å². The molecule has 0 aliphatic heterocycles. The van der Waals surface area contributed by atoms with Gasteiger partial charge in [-0.15, -0.1) is 0 Å². The molecule has 5 unspecified atom stereocenters. The Hall–Kier alpha value is -5.06. The van der Waals surface area contributed by atoms with Crippen molar-refractivity contribution >= 4 is 39.5 Å². The van der Waals surface area contributed by atoms with Crippen molar-refractivity contribution in [2.45, 2.75) is 341 Å². The van der Waals surface area contributed by atoms with Gasteiger partial charge in [-0.25, -0.2) is 9.13 Å². The Morgan fingerprint density at radius 2 is 0.491 bits per heavy atom. The molecule has 0 spiro atoms. The Labute approximate surface area is 643 Å². The monoisotopic (exact) mass is 1530 g/mol. The van der Waals surface area contributed by atoms with Crippen LogP contribution in [0.4, 0.5) is 0 Å². The minimum Gasteiger partial charge on any atom is -0.462 e. The molecule has 0 bridgehead atoms. The minimum atomic E-state index is -5.00. The molecule has 5 atom stereocenters. The highest BCUT2D eigenvalue weighted by molar-refractivity contribution is 7.47. The smallest absolute Gasteiger partial charge is 0.462 e. The molecule has 0 radical (unpaired) electrons. The second kappa shape index (κ2) is 78.1. The number of allylic oxidation sites excluding steroid dienone is 24. The molecule has 0 fully saturated rings. The van der Waals surface area contributed by atoms with Gasteiger partial charge >= 0.3 is 39.5 Å². The number of unbranched alkanes of at least 4 members (excludes halogenated alkanes) is 26. The first kappa shape index (κ1) is 101. The van der Waals surface area contributed by atoms with Crippen LogP contribution in [0.1, 0.15) is 323 Å². The van der Waals surface area contributed by atoms with Gasteiger partial charge in [0.1, 0.15) is 19.3 Å². The van der Waals surface area contributed by atoms with Crippen LogP contribution >= 0.6 is 15.6 Å². The number of rotatable bonds is 76. The van der Waals surface area contributed by atoms with Crippen LogP contribution < -0.4 is 0 Å². The molecule has 0 aliphatic carbocycles. The number of hydrogen-bond donors (Lipinski definition) is 3. The molecule has 0 aliphatic rings. The van der Waals surface area contributed by atoms with E-state index in [9.17, 15) is 43.2 Å². The van der Waals surface area contributed by atoms with Gasteiger partial charge in [-0.05, 0) is 167 Å². The summed E-state index contributed by atoms with van der Waals surface area (Å²) in [5, 5.41) is 10.7. The maximum absolute atomic E-state index is 13.1. The second-order valence-electron chi connectivity index (χ2n) is 26.9. The van der Waals surface area contributed by atoms with Gasteiger partial charge < -0.3 is 33.8 Å². The zero-order chi connectivity index (χ0) is 77.4. The van der Waals surface area contributed by atoms with E-state index in [1.807, 2.05) is 0 Å². The Kier molecular flexibility index (Phi) is 74.3. The molecule has 0 rings (SSSR count). The van der Waals surface area contributed by atoms with E-state index in [0.29, 0.717) is 25.7 Å². The molecule has 606 valence electrons. The summed E-state index contributed by atoms with van der Waals surface area (Å²) in [5.74, 6) is -2.26. The zero-order valence-electron chi connectivity index (χ0n) is 66.3. The molecule has 0 aromatic heterocycles. The molecule has 106 heavy (non-hydrogen) atoms. The number of phosphoric ester groups is 2. The van der Waals surface area contributed by atoms with E-state index in [4.69, 9.17) is 37.0 Å². The Morgan fingerprint density at radius 1 is 0.274 bits per heavy atom. The molecule has 0 aromatic rings. The molecule has 3 N–H and O–H groups in total. The first-order chi connectivity index (χ1) is 51.7. The third-order valence-corrected chi connectivity index (χ3v) is 18.7. The summed E-state index contributed by atoms with van der Waals surface area (Å²) in [6.45, 7) is 4.52. The van der Waals surface area contributed by atoms with Crippen molar-refractivity contribution in [1.29, 1.82) is 0 Å². The Morgan fingerprint density at radius 3 is 0.774 bits per heavy atom. The first-order valence-corrected chi connectivity index (χ1v) is 44.1. The van der Waals surface area contributed by atoms with Crippen molar-refractivity contribution in [2.75, 3.05) is 39.6 Å². The normalized spacial score (nSPS) is 14.6. The molecule has 0 saturated carbocycles. The molecule has 17 nitrogen and oxygen atoms in total. The van der Waals surface area contributed by atoms with Crippen LogP contribution in [-0.4, -0.2) is 96.7 Å². The lowest BCUT2D eigenvalue weighted by atomic mass is 10.1. The summed E-state index contributed by atoms with van der Waals surface area (Å²) in [5.41, 5.74) is 0. The maximum atomic E-state index is 13.1. The average Bonchev–Trinajstić information content (AvgIpc) is 0.899. The molecule has 0 amide bonds. The van der Waals surface area contributed by atoms with Crippen LogP contribution in [0.5, 0.6) is 0 Å². The lowest BCUT2D eigenvalue weighted by Crippen LogP contribution is -2.30.